The van der Waals surface area contributed by atoms with Crippen LogP contribution in [0.4, 0.5) is 0 Å². The molecule has 0 radical (unpaired) electrons. The molecule has 0 amide bonds. The van der Waals surface area contributed by atoms with E-state index in [0.29, 0.717) is 0 Å². The molecule has 0 N–H and O–H groups in total. The molecule has 0 aliphatic heterocycles. The molecule has 0 saturated carbocycles. The topological polar surface area (TPSA) is 3.24 Å². The molecule has 0 aromatic heterocycles. The van der Waals surface area contributed by atoms with E-state index in [2.05, 4.69) is 50.7 Å². The van der Waals surface area contributed by atoms with Crippen molar-refractivity contribution in [2.75, 3.05) is 18.8 Å². The van der Waals surface area contributed by atoms with Crippen LogP contribution in [0.15, 0.2) is 0 Å². The largest absolute Gasteiger partial charge is 0.276 e. The lowest BCUT2D eigenvalue weighted by molar-refractivity contribution is 0.362. The molecule has 0 aromatic rings. The Bertz CT molecular complexity index is 118. The van der Waals surface area contributed by atoms with Gasteiger partial charge in [-0.25, -0.2) is 0 Å². The SMILES string of the molecule is CCCSPN(CC(C)C)CC(C)C. The van der Waals surface area contributed by atoms with E-state index in [1.54, 1.807) is 0 Å². The Morgan fingerprint density at radius 2 is 1.57 bits per heavy atom. The summed E-state index contributed by atoms with van der Waals surface area (Å²) in [5.41, 5.74) is 0. The molecule has 0 aliphatic rings. The fraction of sp³-hybridized carbons (Fsp3) is 1.00. The molecule has 1 nitrogen and oxygen atoms in total. The van der Waals surface area contributed by atoms with Crippen LogP contribution in [0.3, 0.4) is 0 Å². The van der Waals surface area contributed by atoms with Gasteiger partial charge in [-0.1, -0.05) is 34.6 Å². The highest BCUT2D eigenvalue weighted by Gasteiger charge is 2.08. The summed E-state index contributed by atoms with van der Waals surface area (Å²) in [7, 11) is 0.966. The molecule has 1 unspecified atom stereocenters. The first-order valence-corrected chi connectivity index (χ1v) is 8.34. The molecule has 0 spiro atoms. The van der Waals surface area contributed by atoms with Crippen molar-refractivity contribution in [3.8, 4) is 0 Å². The molecule has 0 rings (SSSR count). The molecule has 0 fully saturated rings. The van der Waals surface area contributed by atoms with Gasteiger partial charge >= 0.3 is 0 Å². The monoisotopic (exact) mass is 235 g/mol. The van der Waals surface area contributed by atoms with Crippen molar-refractivity contribution in [3.05, 3.63) is 0 Å². The van der Waals surface area contributed by atoms with Crippen molar-refractivity contribution < 1.29 is 0 Å². The Kier molecular flexibility index (Phi) is 9.48. The van der Waals surface area contributed by atoms with E-state index in [-0.39, 0.29) is 0 Å². The average molecular weight is 235 g/mol. The van der Waals surface area contributed by atoms with Crippen LogP contribution < -0.4 is 0 Å². The zero-order chi connectivity index (χ0) is 11.0. The summed E-state index contributed by atoms with van der Waals surface area (Å²) in [6.07, 6.45) is 1.30. The van der Waals surface area contributed by atoms with Gasteiger partial charge in [-0.05, 0) is 24.0 Å². The molecule has 0 aliphatic carbocycles. The Hall–Kier alpha value is 0.740. The van der Waals surface area contributed by atoms with Gasteiger partial charge in [0.1, 0.15) is 0 Å². The first-order valence-electron chi connectivity index (χ1n) is 5.68. The van der Waals surface area contributed by atoms with Crippen LogP contribution >= 0.6 is 19.3 Å². The van der Waals surface area contributed by atoms with Crippen LogP contribution in [-0.4, -0.2) is 23.5 Å². The molecule has 0 bridgehead atoms. The quantitative estimate of drug-likeness (QED) is 0.457. The van der Waals surface area contributed by atoms with Crippen molar-refractivity contribution in [2.24, 2.45) is 11.8 Å². The van der Waals surface area contributed by atoms with Crippen LogP contribution in [0, 0.1) is 11.8 Å². The van der Waals surface area contributed by atoms with Gasteiger partial charge in [0.15, 0.2) is 0 Å². The Balaban J connectivity index is 3.72. The van der Waals surface area contributed by atoms with E-state index in [9.17, 15) is 0 Å². The summed E-state index contributed by atoms with van der Waals surface area (Å²) < 4.78 is 2.62. The maximum absolute atomic E-state index is 2.62. The van der Waals surface area contributed by atoms with Gasteiger partial charge in [-0.3, -0.25) is 4.67 Å². The predicted octanol–water partition coefficient (Wildman–Crippen LogP) is 4.25. The van der Waals surface area contributed by atoms with E-state index in [0.717, 1.165) is 19.8 Å². The number of nitrogens with zero attached hydrogens (tertiary/aromatic N) is 1. The Labute approximate surface area is 96.0 Å². The minimum atomic E-state index is 0.795. The zero-order valence-corrected chi connectivity index (χ0v) is 12.2. The Morgan fingerprint density at radius 3 is 1.93 bits per heavy atom. The zero-order valence-electron chi connectivity index (χ0n) is 10.3. The molecule has 0 aromatic carbocycles. The highest BCUT2D eigenvalue weighted by atomic mass is 32.7. The first kappa shape index (κ1) is 14.7. The van der Waals surface area contributed by atoms with Crippen molar-refractivity contribution >= 4 is 19.3 Å². The van der Waals surface area contributed by atoms with Crippen molar-refractivity contribution in [2.45, 2.75) is 41.0 Å². The molecule has 0 saturated heterocycles. The lowest BCUT2D eigenvalue weighted by atomic mass is 10.2. The Morgan fingerprint density at radius 1 is 1.07 bits per heavy atom. The van der Waals surface area contributed by atoms with Gasteiger partial charge in [-0.15, -0.1) is 11.4 Å². The van der Waals surface area contributed by atoms with E-state index < -0.39 is 0 Å². The summed E-state index contributed by atoms with van der Waals surface area (Å²) in [5, 5.41) is 0. The summed E-state index contributed by atoms with van der Waals surface area (Å²) >= 11 is 2.10. The molecular formula is C11H26NPS. The maximum Gasteiger partial charge on any atom is 0.0100 e. The fourth-order valence-corrected chi connectivity index (χ4v) is 4.51. The van der Waals surface area contributed by atoms with Gasteiger partial charge in [0.2, 0.25) is 0 Å². The second-order valence-electron chi connectivity index (χ2n) is 4.63. The predicted molar refractivity (Wildman–Crippen MR) is 72.3 cm³/mol. The second kappa shape index (κ2) is 9.00. The van der Waals surface area contributed by atoms with Crippen LogP contribution in [0.25, 0.3) is 0 Å². The van der Waals surface area contributed by atoms with E-state index in [1.165, 1.54) is 25.3 Å². The first-order chi connectivity index (χ1) is 6.56. The van der Waals surface area contributed by atoms with E-state index in [1.807, 2.05) is 0 Å². The third-order valence-corrected chi connectivity index (χ3v) is 4.81. The minimum absolute atomic E-state index is 0.795. The highest BCUT2D eigenvalue weighted by Crippen LogP contribution is 2.35. The fourth-order valence-electron chi connectivity index (χ4n) is 1.27. The molecule has 0 heterocycles. The molecule has 14 heavy (non-hydrogen) atoms. The molecular weight excluding hydrogens is 209 g/mol. The summed E-state index contributed by atoms with van der Waals surface area (Å²) in [4.78, 5) is 0. The summed E-state index contributed by atoms with van der Waals surface area (Å²) in [5.74, 6) is 2.90. The maximum atomic E-state index is 2.62. The van der Waals surface area contributed by atoms with Gasteiger partial charge < -0.3 is 0 Å². The standard InChI is InChI=1S/C11H26NPS/c1-6-7-14-13-12(8-10(2)3)9-11(4)5/h10-11,13H,6-9H2,1-5H3. The van der Waals surface area contributed by atoms with Gasteiger partial charge in [-0.2, -0.15) is 0 Å². The molecule has 3 heteroatoms. The van der Waals surface area contributed by atoms with Gasteiger partial charge in [0.05, 0.1) is 0 Å². The number of rotatable bonds is 8. The van der Waals surface area contributed by atoms with Crippen molar-refractivity contribution in [1.29, 1.82) is 0 Å². The van der Waals surface area contributed by atoms with Gasteiger partial charge in [0.25, 0.3) is 0 Å². The van der Waals surface area contributed by atoms with Gasteiger partial charge in [0, 0.05) is 21.0 Å². The van der Waals surface area contributed by atoms with E-state index in [4.69, 9.17) is 0 Å². The third-order valence-electron chi connectivity index (χ3n) is 1.67. The smallest absolute Gasteiger partial charge is 0.0100 e. The second-order valence-corrected chi connectivity index (χ2v) is 7.56. The normalized spacial score (nSPS) is 12.9. The molecule has 1 atom stereocenters. The summed E-state index contributed by atoms with van der Waals surface area (Å²) in [6, 6.07) is 0. The van der Waals surface area contributed by atoms with E-state index >= 15 is 0 Å². The molecule has 86 valence electrons. The van der Waals surface area contributed by atoms with Crippen LogP contribution in [0.5, 0.6) is 0 Å². The minimum Gasteiger partial charge on any atom is -0.276 e. The van der Waals surface area contributed by atoms with Crippen LogP contribution in [0.2, 0.25) is 0 Å². The highest BCUT2D eigenvalue weighted by molar-refractivity contribution is 8.48. The van der Waals surface area contributed by atoms with Crippen LogP contribution in [0.1, 0.15) is 41.0 Å². The lowest BCUT2D eigenvalue weighted by Gasteiger charge is -2.25. The van der Waals surface area contributed by atoms with Crippen LogP contribution in [-0.2, 0) is 0 Å². The number of hydrogen-bond donors (Lipinski definition) is 0. The average Bonchev–Trinajstić information content (AvgIpc) is 2.02. The third kappa shape index (κ3) is 9.30. The lowest BCUT2D eigenvalue weighted by Crippen LogP contribution is -2.23. The summed E-state index contributed by atoms with van der Waals surface area (Å²) in [6.45, 7) is 14.0. The van der Waals surface area contributed by atoms with Crippen molar-refractivity contribution in [1.82, 2.24) is 4.67 Å². The number of hydrogen-bond acceptors (Lipinski definition) is 2. The van der Waals surface area contributed by atoms with Crippen molar-refractivity contribution in [3.63, 3.8) is 0 Å².